The van der Waals surface area contributed by atoms with Crippen LogP contribution in [0.4, 0.5) is 14.5 Å². The standard InChI is InChI=1S/C14H17F2N3O2S/c15-13(16)21-11-5-3-10(4-6-11)18-14(22)19-7-1-2-9(8-19)12(17)20/h3-6,9,13H,1-2,7-8H2,(H2,17,20)(H,18,22)/t9-/m1/s1. The van der Waals surface area contributed by atoms with Gasteiger partial charge in [0, 0.05) is 18.8 Å². The van der Waals surface area contributed by atoms with E-state index in [0.29, 0.717) is 17.3 Å². The predicted octanol–water partition coefficient (Wildman–Crippen LogP) is 2.18. The van der Waals surface area contributed by atoms with Crippen LogP contribution in [0, 0.1) is 5.92 Å². The molecule has 1 atom stereocenters. The van der Waals surface area contributed by atoms with Crippen LogP contribution in [-0.4, -0.2) is 35.6 Å². The Morgan fingerprint density at radius 1 is 1.41 bits per heavy atom. The van der Waals surface area contributed by atoms with Gasteiger partial charge in [0.1, 0.15) is 5.75 Å². The molecule has 1 aliphatic heterocycles. The van der Waals surface area contributed by atoms with E-state index in [1.54, 1.807) is 12.1 Å². The summed E-state index contributed by atoms with van der Waals surface area (Å²) in [5.41, 5.74) is 5.99. The summed E-state index contributed by atoms with van der Waals surface area (Å²) in [5, 5.41) is 3.49. The number of amides is 1. The minimum Gasteiger partial charge on any atom is -0.435 e. The molecular weight excluding hydrogens is 312 g/mol. The van der Waals surface area contributed by atoms with Crippen molar-refractivity contribution in [3.8, 4) is 5.75 Å². The average molecular weight is 329 g/mol. The predicted molar refractivity (Wildman–Crippen MR) is 82.8 cm³/mol. The maximum atomic E-state index is 12.1. The fourth-order valence-electron chi connectivity index (χ4n) is 2.32. The SMILES string of the molecule is NC(=O)[C@@H]1CCCN(C(=S)Nc2ccc(OC(F)F)cc2)C1. The molecule has 8 heteroatoms. The lowest BCUT2D eigenvalue weighted by Crippen LogP contribution is -2.45. The summed E-state index contributed by atoms with van der Waals surface area (Å²) in [6, 6.07) is 6.05. The van der Waals surface area contributed by atoms with Crippen LogP contribution in [0.15, 0.2) is 24.3 Å². The fraction of sp³-hybridized carbons (Fsp3) is 0.429. The van der Waals surface area contributed by atoms with Crippen LogP contribution in [0.25, 0.3) is 0 Å². The summed E-state index contributed by atoms with van der Waals surface area (Å²) in [5.74, 6) is -0.436. The molecule has 1 aliphatic rings. The number of halogens is 2. The third-order valence-corrected chi connectivity index (χ3v) is 3.80. The number of rotatable bonds is 4. The van der Waals surface area contributed by atoms with E-state index in [1.807, 2.05) is 4.90 Å². The first-order chi connectivity index (χ1) is 10.5. The van der Waals surface area contributed by atoms with Crippen LogP contribution >= 0.6 is 12.2 Å². The van der Waals surface area contributed by atoms with Crippen molar-refractivity contribution in [3.63, 3.8) is 0 Å². The number of likely N-dealkylation sites (tertiary alicyclic amines) is 1. The number of nitrogens with two attached hydrogens (primary N) is 1. The molecule has 5 nitrogen and oxygen atoms in total. The van der Waals surface area contributed by atoms with Gasteiger partial charge in [-0.3, -0.25) is 4.79 Å². The number of alkyl halides is 2. The van der Waals surface area contributed by atoms with E-state index in [1.165, 1.54) is 12.1 Å². The normalized spacial score (nSPS) is 18.1. The maximum Gasteiger partial charge on any atom is 0.387 e. The number of hydrogen-bond donors (Lipinski definition) is 2. The lowest BCUT2D eigenvalue weighted by molar-refractivity contribution is -0.122. The van der Waals surface area contributed by atoms with Gasteiger partial charge in [-0.05, 0) is 49.3 Å². The molecule has 1 heterocycles. The summed E-state index contributed by atoms with van der Waals surface area (Å²) < 4.78 is 28.4. The van der Waals surface area contributed by atoms with Gasteiger partial charge in [-0.25, -0.2) is 0 Å². The summed E-state index contributed by atoms with van der Waals surface area (Å²) in [6.45, 7) is -1.60. The Labute approximate surface area is 132 Å². The highest BCUT2D eigenvalue weighted by Crippen LogP contribution is 2.20. The number of anilines is 1. The summed E-state index contributed by atoms with van der Waals surface area (Å²) in [6.07, 6.45) is 1.62. The zero-order valence-corrected chi connectivity index (χ0v) is 12.6. The molecule has 1 aromatic rings. The fourth-order valence-corrected chi connectivity index (χ4v) is 2.60. The Kier molecular flexibility index (Phi) is 5.48. The first-order valence-corrected chi connectivity index (χ1v) is 7.26. The zero-order valence-electron chi connectivity index (χ0n) is 11.8. The van der Waals surface area contributed by atoms with E-state index in [-0.39, 0.29) is 17.6 Å². The third-order valence-electron chi connectivity index (χ3n) is 3.44. The van der Waals surface area contributed by atoms with E-state index in [9.17, 15) is 13.6 Å². The second kappa shape index (κ2) is 7.35. The number of ether oxygens (including phenoxy) is 1. The van der Waals surface area contributed by atoms with Gasteiger partial charge in [-0.15, -0.1) is 0 Å². The number of piperidine rings is 1. The average Bonchev–Trinajstić information content (AvgIpc) is 2.49. The van der Waals surface area contributed by atoms with Crippen molar-refractivity contribution in [3.05, 3.63) is 24.3 Å². The van der Waals surface area contributed by atoms with Gasteiger partial charge >= 0.3 is 6.61 Å². The first-order valence-electron chi connectivity index (χ1n) is 6.86. The minimum atomic E-state index is -2.85. The molecule has 1 aromatic carbocycles. The number of nitrogens with one attached hydrogen (secondary N) is 1. The van der Waals surface area contributed by atoms with Crippen molar-refractivity contribution in [1.82, 2.24) is 4.90 Å². The van der Waals surface area contributed by atoms with Crippen LogP contribution in [-0.2, 0) is 4.79 Å². The molecule has 0 saturated carbocycles. The van der Waals surface area contributed by atoms with E-state index in [0.717, 1.165) is 19.4 Å². The van der Waals surface area contributed by atoms with Crippen LogP contribution in [0.2, 0.25) is 0 Å². The molecule has 120 valence electrons. The van der Waals surface area contributed by atoms with Crippen LogP contribution < -0.4 is 15.8 Å². The number of hydrogen-bond acceptors (Lipinski definition) is 3. The van der Waals surface area contributed by atoms with Crippen LogP contribution in [0.3, 0.4) is 0 Å². The van der Waals surface area contributed by atoms with Gasteiger partial charge in [-0.2, -0.15) is 8.78 Å². The summed E-state index contributed by atoms with van der Waals surface area (Å²) in [4.78, 5) is 13.1. The molecule has 0 spiro atoms. The highest BCUT2D eigenvalue weighted by atomic mass is 32.1. The molecule has 0 unspecified atom stereocenters. The Morgan fingerprint density at radius 3 is 2.68 bits per heavy atom. The second-order valence-electron chi connectivity index (χ2n) is 5.02. The largest absolute Gasteiger partial charge is 0.435 e. The maximum absolute atomic E-state index is 12.1. The van der Waals surface area contributed by atoms with Crippen molar-refractivity contribution in [1.29, 1.82) is 0 Å². The lowest BCUT2D eigenvalue weighted by atomic mass is 9.98. The monoisotopic (exact) mass is 329 g/mol. The number of thiocarbonyl (C=S) groups is 1. The molecule has 1 fully saturated rings. The van der Waals surface area contributed by atoms with Crippen LogP contribution in [0.1, 0.15) is 12.8 Å². The molecule has 0 radical (unpaired) electrons. The van der Waals surface area contributed by atoms with Gasteiger partial charge in [-0.1, -0.05) is 0 Å². The molecule has 0 aromatic heterocycles. The van der Waals surface area contributed by atoms with Crippen molar-refractivity contribution in [2.75, 3.05) is 18.4 Å². The lowest BCUT2D eigenvalue weighted by Gasteiger charge is -2.33. The number of carbonyl (C=O) groups excluding carboxylic acids is 1. The number of carbonyl (C=O) groups is 1. The molecule has 0 aliphatic carbocycles. The minimum absolute atomic E-state index is 0.0817. The molecule has 1 amide bonds. The van der Waals surface area contributed by atoms with Gasteiger partial charge in [0.05, 0.1) is 5.92 Å². The number of benzene rings is 1. The third kappa shape index (κ3) is 4.52. The second-order valence-corrected chi connectivity index (χ2v) is 5.41. The van der Waals surface area contributed by atoms with E-state index < -0.39 is 6.61 Å². The Bertz CT molecular complexity index is 539. The first kappa shape index (κ1) is 16.4. The molecule has 1 saturated heterocycles. The number of primary amides is 1. The highest BCUT2D eigenvalue weighted by molar-refractivity contribution is 7.80. The van der Waals surface area contributed by atoms with E-state index >= 15 is 0 Å². The van der Waals surface area contributed by atoms with Crippen molar-refractivity contribution < 1.29 is 18.3 Å². The molecular formula is C14H17F2N3O2S. The number of nitrogens with zero attached hydrogens (tertiary/aromatic N) is 1. The zero-order chi connectivity index (χ0) is 16.1. The smallest absolute Gasteiger partial charge is 0.387 e. The van der Waals surface area contributed by atoms with Gasteiger partial charge in [0.15, 0.2) is 5.11 Å². The van der Waals surface area contributed by atoms with Gasteiger partial charge in [0.2, 0.25) is 5.91 Å². The Hall–Kier alpha value is -1.96. The van der Waals surface area contributed by atoms with E-state index in [2.05, 4.69) is 10.1 Å². The van der Waals surface area contributed by atoms with Gasteiger partial charge < -0.3 is 20.7 Å². The Balaban J connectivity index is 1.92. The molecule has 3 N–H and O–H groups in total. The topological polar surface area (TPSA) is 67.6 Å². The molecule has 0 bridgehead atoms. The van der Waals surface area contributed by atoms with Crippen molar-refractivity contribution >= 4 is 28.9 Å². The summed E-state index contributed by atoms with van der Waals surface area (Å²) in [7, 11) is 0. The van der Waals surface area contributed by atoms with Crippen molar-refractivity contribution in [2.45, 2.75) is 19.5 Å². The highest BCUT2D eigenvalue weighted by Gasteiger charge is 2.25. The van der Waals surface area contributed by atoms with Crippen molar-refractivity contribution in [2.24, 2.45) is 11.7 Å². The van der Waals surface area contributed by atoms with Gasteiger partial charge in [0.25, 0.3) is 0 Å². The molecule has 2 rings (SSSR count). The molecule has 22 heavy (non-hydrogen) atoms. The Morgan fingerprint density at radius 2 is 2.09 bits per heavy atom. The van der Waals surface area contributed by atoms with E-state index in [4.69, 9.17) is 18.0 Å². The van der Waals surface area contributed by atoms with Crippen LogP contribution in [0.5, 0.6) is 5.75 Å². The summed E-state index contributed by atoms with van der Waals surface area (Å²) >= 11 is 5.31. The quantitative estimate of drug-likeness (QED) is 0.829.